The molecule has 0 radical (unpaired) electrons. The van der Waals surface area contributed by atoms with E-state index < -0.39 is 5.60 Å². The summed E-state index contributed by atoms with van der Waals surface area (Å²) in [7, 11) is 5.61. The van der Waals surface area contributed by atoms with E-state index in [2.05, 4.69) is 34.0 Å². The van der Waals surface area contributed by atoms with Crippen LogP contribution in [0, 0.1) is 0 Å². The number of nitrogens with one attached hydrogen (secondary N) is 1. The third-order valence-electron chi connectivity index (χ3n) is 6.71. The third kappa shape index (κ3) is 4.33. The van der Waals surface area contributed by atoms with Gasteiger partial charge in [-0.05, 0) is 73.8 Å². The number of aromatic nitrogens is 3. The topological polar surface area (TPSA) is 85.4 Å². The van der Waals surface area contributed by atoms with Crippen molar-refractivity contribution in [2.75, 3.05) is 27.7 Å². The van der Waals surface area contributed by atoms with E-state index >= 15 is 0 Å². The number of H-pyrrole nitrogens is 1. The molecule has 1 aliphatic rings. The molecule has 0 spiro atoms. The molecule has 2 aromatic heterocycles. The maximum atomic E-state index is 12.3. The Morgan fingerprint density at radius 3 is 2.57 bits per heavy atom. The van der Waals surface area contributed by atoms with Crippen LogP contribution in [-0.2, 0) is 18.6 Å². The van der Waals surface area contributed by atoms with Gasteiger partial charge in [-0.15, -0.1) is 0 Å². The molecular weight excluding hydrogens is 438 g/mol. The summed E-state index contributed by atoms with van der Waals surface area (Å²) in [4.78, 5) is 29.0. The predicted molar refractivity (Wildman–Crippen MR) is 138 cm³/mol. The summed E-state index contributed by atoms with van der Waals surface area (Å²) in [6, 6.07) is 11.8. The van der Waals surface area contributed by atoms with Crippen LogP contribution in [0.15, 0.2) is 48.8 Å². The summed E-state index contributed by atoms with van der Waals surface area (Å²) in [6.07, 6.45) is 4.61. The minimum absolute atomic E-state index is 0.0294. The summed E-state index contributed by atoms with van der Waals surface area (Å²) in [5.41, 5.74) is 8.20. The molecule has 0 saturated heterocycles. The zero-order valence-electron chi connectivity index (χ0n) is 20.9. The number of rotatable bonds is 4. The quantitative estimate of drug-likeness (QED) is 0.468. The molecule has 3 heterocycles. The number of likely N-dealkylation sites (N-methyl/N-ethyl adjacent to an activating group) is 1. The summed E-state index contributed by atoms with van der Waals surface area (Å²) >= 11 is 0. The molecule has 5 rings (SSSR count). The Labute approximate surface area is 205 Å². The van der Waals surface area contributed by atoms with Crippen molar-refractivity contribution in [3.8, 4) is 22.4 Å². The summed E-state index contributed by atoms with van der Waals surface area (Å²) in [6.45, 7) is 5.51. The van der Waals surface area contributed by atoms with E-state index in [1.165, 1.54) is 11.1 Å². The van der Waals surface area contributed by atoms with E-state index in [0.29, 0.717) is 11.2 Å². The number of carbonyl (C=O) groups excluding carboxylic acids is 1. The number of fused-ring (bicyclic) bond motifs is 2. The van der Waals surface area contributed by atoms with Gasteiger partial charge in [0.25, 0.3) is 5.91 Å². The van der Waals surface area contributed by atoms with Gasteiger partial charge in [0.15, 0.2) is 5.65 Å². The van der Waals surface area contributed by atoms with Crippen LogP contribution in [0.4, 0.5) is 0 Å². The lowest BCUT2D eigenvalue weighted by atomic mass is 9.84. The Morgan fingerprint density at radius 1 is 1.14 bits per heavy atom. The van der Waals surface area contributed by atoms with Crippen molar-refractivity contribution in [3.05, 3.63) is 71.0 Å². The highest BCUT2D eigenvalue weighted by Crippen LogP contribution is 2.35. The number of aromatic amines is 1. The van der Waals surface area contributed by atoms with Gasteiger partial charge >= 0.3 is 0 Å². The molecule has 2 N–H and O–H groups in total. The first-order valence-electron chi connectivity index (χ1n) is 11.9. The lowest BCUT2D eigenvalue weighted by Crippen LogP contribution is -2.30. The first-order valence-corrected chi connectivity index (χ1v) is 11.9. The highest BCUT2D eigenvalue weighted by Gasteiger charge is 2.26. The molecule has 7 nitrogen and oxygen atoms in total. The summed E-state index contributed by atoms with van der Waals surface area (Å²) in [5, 5.41) is 10.9. The van der Waals surface area contributed by atoms with Crippen LogP contribution in [0.1, 0.15) is 40.9 Å². The second kappa shape index (κ2) is 8.59. The largest absolute Gasteiger partial charge is 0.386 e. The van der Waals surface area contributed by atoms with Gasteiger partial charge in [0.05, 0.1) is 17.5 Å². The number of hydrogen-bond donors (Lipinski definition) is 2. The molecule has 0 bridgehead atoms. The van der Waals surface area contributed by atoms with Gasteiger partial charge in [0.1, 0.15) is 5.52 Å². The highest BCUT2D eigenvalue weighted by atomic mass is 16.3. The highest BCUT2D eigenvalue weighted by molar-refractivity contribution is 5.96. The molecule has 7 heteroatoms. The van der Waals surface area contributed by atoms with Crippen molar-refractivity contribution in [2.45, 2.75) is 32.4 Å². The second-order valence-corrected chi connectivity index (χ2v) is 10.1. The minimum atomic E-state index is -0.946. The van der Waals surface area contributed by atoms with E-state index in [9.17, 15) is 9.90 Å². The lowest BCUT2D eigenvalue weighted by Gasteiger charge is -2.31. The number of hydrogen-bond acceptors (Lipinski definition) is 5. The number of aliphatic hydroxyl groups is 1. The van der Waals surface area contributed by atoms with Crippen molar-refractivity contribution < 1.29 is 9.90 Å². The van der Waals surface area contributed by atoms with E-state index in [1.54, 1.807) is 25.2 Å². The molecule has 4 aromatic rings. The van der Waals surface area contributed by atoms with Gasteiger partial charge in [-0.1, -0.05) is 12.1 Å². The third-order valence-corrected chi connectivity index (χ3v) is 6.71. The van der Waals surface area contributed by atoms with Crippen molar-refractivity contribution in [1.29, 1.82) is 0 Å². The normalized spacial score (nSPS) is 14.2. The van der Waals surface area contributed by atoms with Gasteiger partial charge in [0.2, 0.25) is 0 Å². The van der Waals surface area contributed by atoms with Crippen LogP contribution < -0.4 is 0 Å². The van der Waals surface area contributed by atoms with Crippen LogP contribution in [0.2, 0.25) is 0 Å². The average Bonchev–Trinajstić information content (AvgIpc) is 3.25. The second-order valence-electron chi connectivity index (χ2n) is 10.1. The van der Waals surface area contributed by atoms with Crippen LogP contribution in [0.5, 0.6) is 0 Å². The van der Waals surface area contributed by atoms with Crippen LogP contribution in [0.25, 0.3) is 33.5 Å². The van der Waals surface area contributed by atoms with Crippen molar-refractivity contribution >= 4 is 17.1 Å². The van der Waals surface area contributed by atoms with Gasteiger partial charge in [-0.3, -0.25) is 4.79 Å². The molecule has 35 heavy (non-hydrogen) atoms. The molecule has 0 fully saturated rings. The Morgan fingerprint density at radius 2 is 1.89 bits per heavy atom. The monoisotopic (exact) mass is 469 g/mol. The maximum Gasteiger partial charge on any atom is 0.253 e. The smallest absolute Gasteiger partial charge is 0.253 e. The fourth-order valence-electron chi connectivity index (χ4n) is 4.84. The van der Waals surface area contributed by atoms with E-state index in [1.807, 2.05) is 44.3 Å². The lowest BCUT2D eigenvalue weighted by molar-refractivity contribution is 0.0769. The van der Waals surface area contributed by atoms with Crippen LogP contribution >= 0.6 is 0 Å². The molecule has 180 valence electrons. The zero-order chi connectivity index (χ0) is 24.9. The van der Waals surface area contributed by atoms with Gasteiger partial charge in [0, 0.05) is 50.1 Å². The molecule has 2 aromatic carbocycles. The molecule has 0 atom stereocenters. The molecule has 0 unspecified atom stereocenters. The zero-order valence-corrected chi connectivity index (χ0v) is 20.9. The van der Waals surface area contributed by atoms with Crippen LogP contribution in [-0.4, -0.2) is 63.5 Å². The van der Waals surface area contributed by atoms with E-state index in [0.717, 1.165) is 53.0 Å². The maximum absolute atomic E-state index is 12.3. The first-order chi connectivity index (χ1) is 16.6. The molecule has 0 aliphatic carbocycles. The number of amides is 1. The SMILES string of the molecule is CN1CCc2c(cc(-c3cnc4[nH]cc(-c5ccc(C(=O)N(C)C)cc5)c4n3)cc2C(C)(C)O)C1. The molecule has 1 aliphatic heterocycles. The number of nitrogens with zero attached hydrogens (tertiary/aromatic N) is 4. The Hall–Kier alpha value is -3.55. The molecule has 0 saturated carbocycles. The Kier molecular flexibility index (Phi) is 5.69. The summed E-state index contributed by atoms with van der Waals surface area (Å²) < 4.78 is 0. The van der Waals surface area contributed by atoms with E-state index in [4.69, 9.17) is 4.98 Å². The Bertz CT molecular complexity index is 1410. The predicted octanol–water partition coefficient (Wildman–Crippen LogP) is 4.21. The summed E-state index contributed by atoms with van der Waals surface area (Å²) in [5.74, 6) is -0.0294. The molecular formula is C28H31N5O2. The first kappa shape index (κ1) is 23.2. The van der Waals surface area contributed by atoms with Gasteiger partial charge in [-0.2, -0.15) is 0 Å². The minimum Gasteiger partial charge on any atom is -0.386 e. The standard InChI is InChI=1S/C28H31N5O2/c1-28(2,35)23-13-19(12-20-16-33(5)11-10-21(20)23)24-15-30-26-25(31-24)22(14-29-26)17-6-8-18(9-7-17)27(34)32(3)4/h6-9,12-15,35H,10-11,16H2,1-5H3,(H,29,30). The molecule has 1 amide bonds. The number of carbonyl (C=O) groups is 1. The van der Waals surface area contributed by atoms with Gasteiger partial charge in [-0.25, -0.2) is 9.97 Å². The van der Waals surface area contributed by atoms with Crippen LogP contribution in [0.3, 0.4) is 0 Å². The van der Waals surface area contributed by atoms with Crippen molar-refractivity contribution in [3.63, 3.8) is 0 Å². The number of benzene rings is 2. The fraction of sp³-hybridized carbons (Fsp3) is 0.321. The van der Waals surface area contributed by atoms with Gasteiger partial charge < -0.3 is 19.9 Å². The fourth-order valence-corrected chi connectivity index (χ4v) is 4.84. The van der Waals surface area contributed by atoms with Crippen molar-refractivity contribution in [1.82, 2.24) is 24.8 Å². The average molecular weight is 470 g/mol. The Balaban J connectivity index is 1.59. The van der Waals surface area contributed by atoms with E-state index in [-0.39, 0.29) is 5.91 Å². The van der Waals surface area contributed by atoms with Crippen molar-refractivity contribution in [2.24, 2.45) is 0 Å².